The summed E-state index contributed by atoms with van der Waals surface area (Å²) >= 11 is 3.55. The lowest BCUT2D eigenvalue weighted by atomic mass is 10.1. The standard InChI is InChI=1S/C14H23BrN2O/c1-3-13(4-2)17(7-8-18)10-11-5-6-12(16)9-14(11)15/h5-6,9,13,18H,3-4,7-8,10,16H2,1-2H3. The molecule has 0 aromatic heterocycles. The number of nitrogens with two attached hydrogens (primary N) is 1. The van der Waals surface area contributed by atoms with E-state index >= 15 is 0 Å². The fourth-order valence-electron chi connectivity index (χ4n) is 2.23. The van der Waals surface area contributed by atoms with Gasteiger partial charge in [0.05, 0.1) is 6.61 Å². The van der Waals surface area contributed by atoms with Gasteiger partial charge in [0.2, 0.25) is 0 Å². The highest BCUT2D eigenvalue weighted by molar-refractivity contribution is 9.10. The smallest absolute Gasteiger partial charge is 0.0558 e. The third-order valence-electron chi connectivity index (χ3n) is 3.30. The summed E-state index contributed by atoms with van der Waals surface area (Å²) < 4.78 is 1.04. The van der Waals surface area contributed by atoms with Crippen LogP contribution < -0.4 is 5.73 Å². The van der Waals surface area contributed by atoms with Gasteiger partial charge in [-0.05, 0) is 30.5 Å². The van der Waals surface area contributed by atoms with E-state index in [1.807, 2.05) is 18.2 Å². The molecule has 0 bridgehead atoms. The molecule has 102 valence electrons. The van der Waals surface area contributed by atoms with Gasteiger partial charge in [0.1, 0.15) is 0 Å². The summed E-state index contributed by atoms with van der Waals surface area (Å²) in [5.74, 6) is 0. The Morgan fingerprint density at radius 2 is 2.00 bits per heavy atom. The Hall–Kier alpha value is -0.580. The predicted molar refractivity (Wildman–Crippen MR) is 80.4 cm³/mol. The molecular formula is C14H23BrN2O. The van der Waals surface area contributed by atoms with E-state index in [1.54, 1.807) is 0 Å². The number of anilines is 1. The lowest BCUT2D eigenvalue weighted by Crippen LogP contribution is -2.36. The summed E-state index contributed by atoms with van der Waals surface area (Å²) in [5.41, 5.74) is 7.72. The van der Waals surface area contributed by atoms with Gasteiger partial charge in [0, 0.05) is 29.3 Å². The number of benzene rings is 1. The second-order valence-electron chi connectivity index (χ2n) is 4.52. The molecule has 1 aromatic carbocycles. The van der Waals surface area contributed by atoms with Gasteiger partial charge >= 0.3 is 0 Å². The van der Waals surface area contributed by atoms with E-state index in [0.717, 1.165) is 29.5 Å². The van der Waals surface area contributed by atoms with E-state index in [2.05, 4.69) is 34.7 Å². The Kier molecular flexibility index (Phi) is 6.68. The van der Waals surface area contributed by atoms with Crippen LogP contribution in [0.2, 0.25) is 0 Å². The third kappa shape index (κ3) is 4.26. The molecule has 3 N–H and O–H groups in total. The number of hydrogen-bond donors (Lipinski definition) is 2. The predicted octanol–water partition coefficient (Wildman–Crippen LogP) is 3.01. The van der Waals surface area contributed by atoms with E-state index in [1.165, 1.54) is 5.56 Å². The van der Waals surface area contributed by atoms with Crippen molar-refractivity contribution in [2.45, 2.75) is 39.3 Å². The molecule has 0 aliphatic rings. The van der Waals surface area contributed by atoms with Crippen molar-refractivity contribution >= 4 is 21.6 Å². The van der Waals surface area contributed by atoms with Crippen molar-refractivity contribution in [2.75, 3.05) is 18.9 Å². The summed E-state index contributed by atoms with van der Waals surface area (Å²) in [7, 11) is 0. The highest BCUT2D eigenvalue weighted by atomic mass is 79.9. The molecule has 3 nitrogen and oxygen atoms in total. The monoisotopic (exact) mass is 314 g/mol. The molecule has 0 saturated heterocycles. The first-order chi connectivity index (χ1) is 8.62. The molecule has 0 unspecified atom stereocenters. The number of aliphatic hydroxyl groups is 1. The average molecular weight is 315 g/mol. The lowest BCUT2D eigenvalue weighted by molar-refractivity contribution is 0.136. The lowest BCUT2D eigenvalue weighted by Gasteiger charge is -2.30. The first kappa shape index (κ1) is 15.5. The largest absolute Gasteiger partial charge is 0.399 e. The second-order valence-corrected chi connectivity index (χ2v) is 5.37. The zero-order chi connectivity index (χ0) is 13.5. The van der Waals surface area contributed by atoms with Gasteiger partial charge < -0.3 is 10.8 Å². The van der Waals surface area contributed by atoms with Crippen molar-refractivity contribution in [3.63, 3.8) is 0 Å². The van der Waals surface area contributed by atoms with Crippen LogP contribution in [0.1, 0.15) is 32.3 Å². The van der Waals surface area contributed by atoms with Crippen LogP contribution in [0.3, 0.4) is 0 Å². The summed E-state index contributed by atoms with van der Waals surface area (Å²) in [6.45, 7) is 6.13. The van der Waals surface area contributed by atoms with E-state index in [4.69, 9.17) is 5.73 Å². The van der Waals surface area contributed by atoms with E-state index in [0.29, 0.717) is 12.6 Å². The molecule has 1 rings (SSSR count). The highest BCUT2D eigenvalue weighted by Crippen LogP contribution is 2.23. The van der Waals surface area contributed by atoms with Gasteiger partial charge in [-0.2, -0.15) is 0 Å². The number of nitrogens with zero attached hydrogens (tertiary/aromatic N) is 1. The van der Waals surface area contributed by atoms with E-state index in [9.17, 15) is 5.11 Å². The van der Waals surface area contributed by atoms with Crippen LogP contribution in [0.5, 0.6) is 0 Å². The van der Waals surface area contributed by atoms with Crippen molar-refractivity contribution < 1.29 is 5.11 Å². The average Bonchev–Trinajstić information content (AvgIpc) is 2.34. The van der Waals surface area contributed by atoms with Crippen LogP contribution in [0.25, 0.3) is 0 Å². The van der Waals surface area contributed by atoms with E-state index in [-0.39, 0.29) is 6.61 Å². The Labute approximate surface area is 118 Å². The van der Waals surface area contributed by atoms with Gasteiger partial charge in [-0.15, -0.1) is 0 Å². The number of hydrogen-bond acceptors (Lipinski definition) is 3. The molecular weight excluding hydrogens is 292 g/mol. The van der Waals surface area contributed by atoms with Crippen LogP contribution in [0.15, 0.2) is 22.7 Å². The molecule has 0 atom stereocenters. The Morgan fingerprint density at radius 1 is 1.33 bits per heavy atom. The zero-order valence-corrected chi connectivity index (χ0v) is 12.8. The van der Waals surface area contributed by atoms with Crippen molar-refractivity contribution in [2.24, 2.45) is 0 Å². The maximum absolute atomic E-state index is 9.19. The third-order valence-corrected chi connectivity index (χ3v) is 4.03. The molecule has 18 heavy (non-hydrogen) atoms. The second kappa shape index (κ2) is 7.77. The number of nitrogen functional groups attached to an aromatic ring is 1. The quantitative estimate of drug-likeness (QED) is 0.761. The maximum Gasteiger partial charge on any atom is 0.0558 e. The van der Waals surface area contributed by atoms with Crippen LogP contribution >= 0.6 is 15.9 Å². The van der Waals surface area contributed by atoms with Crippen molar-refractivity contribution in [3.8, 4) is 0 Å². The molecule has 0 radical (unpaired) electrons. The summed E-state index contributed by atoms with van der Waals surface area (Å²) in [5, 5.41) is 9.19. The normalized spacial score (nSPS) is 11.4. The molecule has 0 heterocycles. The highest BCUT2D eigenvalue weighted by Gasteiger charge is 2.15. The van der Waals surface area contributed by atoms with Gasteiger partial charge in [-0.1, -0.05) is 35.8 Å². The minimum atomic E-state index is 0.198. The molecule has 0 aliphatic carbocycles. The topological polar surface area (TPSA) is 49.5 Å². The number of rotatable bonds is 7. The Bertz CT molecular complexity index is 367. The van der Waals surface area contributed by atoms with Crippen LogP contribution in [0, 0.1) is 0 Å². The fourth-order valence-corrected chi connectivity index (χ4v) is 2.76. The molecule has 0 amide bonds. The minimum Gasteiger partial charge on any atom is -0.399 e. The van der Waals surface area contributed by atoms with Crippen molar-refractivity contribution in [3.05, 3.63) is 28.2 Å². The maximum atomic E-state index is 9.19. The van der Waals surface area contributed by atoms with Gasteiger partial charge in [0.15, 0.2) is 0 Å². The zero-order valence-electron chi connectivity index (χ0n) is 11.2. The summed E-state index contributed by atoms with van der Waals surface area (Å²) in [6, 6.07) is 6.41. The SMILES string of the molecule is CCC(CC)N(CCO)Cc1ccc(N)cc1Br. The van der Waals surface area contributed by atoms with E-state index < -0.39 is 0 Å². The van der Waals surface area contributed by atoms with Crippen LogP contribution in [-0.4, -0.2) is 29.2 Å². The van der Waals surface area contributed by atoms with Gasteiger partial charge in [0.25, 0.3) is 0 Å². The Morgan fingerprint density at radius 3 is 2.50 bits per heavy atom. The minimum absolute atomic E-state index is 0.198. The van der Waals surface area contributed by atoms with Crippen LogP contribution in [0.4, 0.5) is 5.69 Å². The van der Waals surface area contributed by atoms with Crippen LogP contribution in [-0.2, 0) is 6.54 Å². The molecule has 4 heteroatoms. The van der Waals surface area contributed by atoms with Crippen molar-refractivity contribution in [1.82, 2.24) is 4.90 Å². The van der Waals surface area contributed by atoms with Gasteiger partial charge in [-0.25, -0.2) is 0 Å². The Balaban J connectivity index is 2.82. The van der Waals surface area contributed by atoms with Gasteiger partial charge in [-0.3, -0.25) is 4.90 Å². The molecule has 0 spiro atoms. The first-order valence-corrected chi connectivity index (χ1v) is 7.30. The summed E-state index contributed by atoms with van der Waals surface area (Å²) in [4.78, 5) is 2.33. The first-order valence-electron chi connectivity index (χ1n) is 6.51. The molecule has 1 aromatic rings. The summed E-state index contributed by atoms with van der Waals surface area (Å²) in [6.07, 6.45) is 2.20. The number of aliphatic hydroxyl groups excluding tert-OH is 1. The molecule has 0 saturated carbocycles. The number of halogens is 1. The molecule has 0 aliphatic heterocycles. The van der Waals surface area contributed by atoms with Crippen molar-refractivity contribution in [1.29, 1.82) is 0 Å². The molecule has 0 fully saturated rings. The fraction of sp³-hybridized carbons (Fsp3) is 0.571.